The molecule has 0 amide bonds. The van der Waals surface area contributed by atoms with Gasteiger partial charge in [0.05, 0.1) is 6.10 Å². The van der Waals surface area contributed by atoms with Gasteiger partial charge in [0.15, 0.2) is 16.8 Å². The molecular formula is C11H11F2N3OS. The van der Waals surface area contributed by atoms with Gasteiger partial charge in [-0.3, -0.25) is 0 Å². The van der Waals surface area contributed by atoms with Crippen LogP contribution in [0.5, 0.6) is 0 Å². The number of nitrogens with zero attached hydrogens (tertiary/aromatic N) is 3. The molecule has 0 radical (unpaired) electrons. The first-order valence-corrected chi connectivity index (χ1v) is 6.16. The Morgan fingerprint density at radius 3 is 2.78 bits per heavy atom. The smallest absolute Gasteiger partial charge is 0.190 e. The van der Waals surface area contributed by atoms with Crippen molar-refractivity contribution in [3.05, 3.63) is 41.7 Å². The molecule has 1 aromatic carbocycles. The van der Waals surface area contributed by atoms with Crippen LogP contribution in [0.1, 0.15) is 11.7 Å². The molecule has 7 heteroatoms. The number of hydrogen-bond acceptors (Lipinski definition) is 4. The van der Waals surface area contributed by atoms with Crippen molar-refractivity contribution in [2.75, 3.05) is 5.75 Å². The second kappa shape index (κ2) is 5.45. The van der Waals surface area contributed by atoms with Crippen molar-refractivity contribution in [1.29, 1.82) is 0 Å². The molecule has 1 aromatic heterocycles. The minimum atomic E-state index is -0.963. The van der Waals surface area contributed by atoms with E-state index in [9.17, 15) is 13.9 Å². The topological polar surface area (TPSA) is 50.9 Å². The van der Waals surface area contributed by atoms with Gasteiger partial charge in [-0.1, -0.05) is 17.8 Å². The van der Waals surface area contributed by atoms with E-state index in [1.807, 2.05) is 0 Å². The van der Waals surface area contributed by atoms with Gasteiger partial charge >= 0.3 is 0 Å². The molecule has 0 bridgehead atoms. The Bertz CT molecular complexity index is 547. The lowest BCUT2D eigenvalue weighted by Gasteiger charge is -2.10. The Hall–Kier alpha value is -1.47. The number of halogens is 2. The molecule has 1 unspecified atom stereocenters. The van der Waals surface area contributed by atoms with Gasteiger partial charge < -0.3 is 9.67 Å². The first-order valence-electron chi connectivity index (χ1n) is 5.17. The third-order valence-electron chi connectivity index (χ3n) is 2.37. The standard InChI is InChI=1S/C11H11F2N3OS/c1-16-6-14-15-11(16)18-5-10(17)7-2-3-8(12)9(13)4-7/h2-4,6,10,17H,5H2,1H3. The fourth-order valence-corrected chi connectivity index (χ4v) is 2.23. The van der Waals surface area contributed by atoms with E-state index in [4.69, 9.17) is 0 Å². The number of benzene rings is 1. The lowest BCUT2D eigenvalue weighted by Crippen LogP contribution is -2.03. The molecule has 0 aliphatic carbocycles. The van der Waals surface area contributed by atoms with Crippen molar-refractivity contribution < 1.29 is 13.9 Å². The summed E-state index contributed by atoms with van der Waals surface area (Å²) in [6.07, 6.45) is 0.661. The number of aromatic nitrogens is 3. The minimum absolute atomic E-state index is 0.289. The fourth-order valence-electron chi connectivity index (χ4n) is 1.37. The number of aryl methyl sites for hydroxylation is 1. The average Bonchev–Trinajstić information content (AvgIpc) is 2.75. The zero-order chi connectivity index (χ0) is 13.1. The highest BCUT2D eigenvalue weighted by Gasteiger charge is 2.12. The lowest BCUT2D eigenvalue weighted by atomic mass is 10.1. The monoisotopic (exact) mass is 271 g/mol. The summed E-state index contributed by atoms with van der Waals surface area (Å²) in [7, 11) is 1.78. The van der Waals surface area contributed by atoms with E-state index < -0.39 is 17.7 Å². The maximum atomic E-state index is 13.0. The first kappa shape index (κ1) is 13.0. The Balaban J connectivity index is 2.01. The molecule has 1 N–H and O–H groups in total. The van der Waals surface area contributed by atoms with Gasteiger partial charge in [-0.2, -0.15) is 0 Å². The van der Waals surface area contributed by atoms with Crippen LogP contribution in [0.2, 0.25) is 0 Å². The zero-order valence-corrected chi connectivity index (χ0v) is 10.4. The van der Waals surface area contributed by atoms with Crippen molar-refractivity contribution in [1.82, 2.24) is 14.8 Å². The molecule has 1 atom stereocenters. The number of rotatable bonds is 4. The summed E-state index contributed by atoms with van der Waals surface area (Å²) in [4.78, 5) is 0. The van der Waals surface area contributed by atoms with E-state index in [1.165, 1.54) is 17.8 Å². The third kappa shape index (κ3) is 2.85. The summed E-state index contributed by atoms with van der Waals surface area (Å²) in [5.41, 5.74) is 0.337. The molecule has 0 aliphatic heterocycles. The number of hydrogen-bond donors (Lipinski definition) is 1. The highest BCUT2D eigenvalue weighted by molar-refractivity contribution is 7.99. The average molecular weight is 271 g/mol. The predicted octanol–water partition coefficient (Wildman–Crippen LogP) is 1.92. The maximum Gasteiger partial charge on any atom is 0.190 e. The predicted molar refractivity (Wildman–Crippen MR) is 63.0 cm³/mol. The molecule has 96 valence electrons. The van der Waals surface area contributed by atoms with E-state index in [1.54, 1.807) is 17.9 Å². The van der Waals surface area contributed by atoms with Crippen LogP contribution in [0.15, 0.2) is 29.7 Å². The molecule has 0 spiro atoms. The Morgan fingerprint density at radius 2 is 2.17 bits per heavy atom. The fraction of sp³-hybridized carbons (Fsp3) is 0.273. The zero-order valence-electron chi connectivity index (χ0n) is 9.55. The van der Waals surface area contributed by atoms with Crippen molar-refractivity contribution in [3.8, 4) is 0 Å². The van der Waals surface area contributed by atoms with Crippen LogP contribution in [0.4, 0.5) is 8.78 Å². The molecule has 4 nitrogen and oxygen atoms in total. The second-order valence-corrected chi connectivity index (χ2v) is 4.71. The van der Waals surface area contributed by atoms with Gasteiger partial charge in [-0.05, 0) is 17.7 Å². The van der Waals surface area contributed by atoms with E-state index in [2.05, 4.69) is 10.2 Å². The van der Waals surface area contributed by atoms with Crippen molar-refractivity contribution in [2.24, 2.45) is 7.05 Å². The minimum Gasteiger partial charge on any atom is -0.388 e. The Morgan fingerprint density at radius 1 is 1.39 bits per heavy atom. The molecule has 0 aliphatic rings. The molecule has 1 heterocycles. The van der Waals surface area contributed by atoms with Gasteiger partial charge in [0, 0.05) is 12.8 Å². The Labute approximate surface area is 107 Å². The second-order valence-electron chi connectivity index (χ2n) is 3.72. The van der Waals surface area contributed by atoms with Crippen LogP contribution in [0, 0.1) is 11.6 Å². The van der Waals surface area contributed by atoms with E-state index >= 15 is 0 Å². The van der Waals surface area contributed by atoms with Crippen LogP contribution < -0.4 is 0 Å². The number of thioether (sulfide) groups is 1. The summed E-state index contributed by atoms with van der Waals surface area (Å²) < 4.78 is 27.4. The molecule has 0 saturated heterocycles. The summed E-state index contributed by atoms with van der Waals surface area (Å²) in [6.45, 7) is 0. The lowest BCUT2D eigenvalue weighted by molar-refractivity contribution is 0.203. The van der Waals surface area contributed by atoms with Crippen LogP contribution >= 0.6 is 11.8 Å². The summed E-state index contributed by atoms with van der Waals surface area (Å²) >= 11 is 1.29. The van der Waals surface area contributed by atoms with Crippen LogP contribution in [0.3, 0.4) is 0 Å². The molecule has 2 rings (SSSR count). The van der Waals surface area contributed by atoms with Crippen LogP contribution in [0.25, 0.3) is 0 Å². The van der Waals surface area contributed by atoms with Crippen molar-refractivity contribution in [3.63, 3.8) is 0 Å². The molecular weight excluding hydrogens is 260 g/mol. The van der Waals surface area contributed by atoms with Gasteiger partial charge in [-0.25, -0.2) is 8.78 Å². The van der Waals surface area contributed by atoms with E-state index in [0.29, 0.717) is 10.7 Å². The summed E-state index contributed by atoms with van der Waals surface area (Å²) in [5, 5.41) is 18.1. The molecule has 0 fully saturated rings. The van der Waals surface area contributed by atoms with Gasteiger partial charge in [-0.15, -0.1) is 10.2 Å². The third-order valence-corrected chi connectivity index (χ3v) is 3.48. The number of aliphatic hydroxyl groups is 1. The maximum absolute atomic E-state index is 13.0. The van der Waals surface area contributed by atoms with Gasteiger partial charge in [0.2, 0.25) is 0 Å². The largest absolute Gasteiger partial charge is 0.388 e. The summed E-state index contributed by atoms with van der Waals surface area (Å²) in [5.74, 6) is -1.60. The van der Waals surface area contributed by atoms with Gasteiger partial charge in [0.25, 0.3) is 0 Å². The van der Waals surface area contributed by atoms with E-state index in [-0.39, 0.29) is 5.75 Å². The number of aliphatic hydroxyl groups excluding tert-OH is 1. The highest BCUT2D eigenvalue weighted by atomic mass is 32.2. The summed E-state index contributed by atoms with van der Waals surface area (Å²) in [6, 6.07) is 3.36. The molecule has 18 heavy (non-hydrogen) atoms. The van der Waals surface area contributed by atoms with Crippen molar-refractivity contribution in [2.45, 2.75) is 11.3 Å². The van der Waals surface area contributed by atoms with Crippen LogP contribution in [-0.2, 0) is 7.05 Å². The quantitative estimate of drug-likeness (QED) is 0.863. The molecule has 0 saturated carbocycles. The normalized spacial score (nSPS) is 12.7. The highest BCUT2D eigenvalue weighted by Crippen LogP contribution is 2.23. The van der Waals surface area contributed by atoms with E-state index in [0.717, 1.165) is 12.1 Å². The van der Waals surface area contributed by atoms with Crippen molar-refractivity contribution >= 4 is 11.8 Å². The SMILES string of the molecule is Cn1cnnc1SCC(O)c1ccc(F)c(F)c1. The molecule has 2 aromatic rings. The Kier molecular flexibility index (Phi) is 3.93. The van der Waals surface area contributed by atoms with Gasteiger partial charge in [0.1, 0.15) is 6.33 Å². The first-order chi connectivity index (χ1) is 8.58. The van der Waals surface area contributed by atoms with Crippen LogP contribution in [-0.4, -0.2) is 25.6 Å².